The Kier molecular flexibility index (Phi) is 2.55. The van der Waals surface area contributed by atoms with E-state index in [1.54, 1.807) is 0 Å². The van der Waals surface area contributed by atoms with E-state index in [-0.39, 0.29) is 0 Å². The predicted octanol–water partition coefficient (Wildman–Crippen LogP) is -1.77. The molecule has 0 bridgehead atoms. The van der Waals surface area contributed by atoms with Crippen LogP contribution in [0.3, 0.4) is 0 Å². The lowest BCUT2D eigenvalue weighted by atomic mass is 9.98. The maximum absolute atomic E-state index is 10.2. The second-order valence-electron chi connectivity index (χ2n) is 2.27. The van der Waals surface area contributed by atoms with E-state index in [4.69, 9.17) is 21.1 Å². The largest absolute Gasteiger partial charge is 0.480 e. The van der Waals surface area contributed by atoms with Gasteiger partial charge in [0, 0.05) is 0 Å². The van der Waals surface area contributed by atoms with Crippen LogP contribution in [-0.4, -0.2) is 38.9 Å². The van der Waals surface area contributed by atoms with Gasteiger partial charge in [-0.15, -0.1) is 0 Å². The molecule has 5 N–H and O–H groups in total. The Morgan fingerprint density at radius 1 is 1.45 bits per heavy atom. The van der Waals surface area contributed by atoms with Crippen molar-refractivity contribution in [3.05, 3.63) is 0 Å². The van der Waals surface area contributed by atoms with E-state index in [0.29, 0.717) is 0 Å². The molecule has 0 aliphatic heterocycles. The van der Waals surface area contributed by atoms with E-state index >= 15 is 0 Å². The monoisotopic (exact) mass is 163 g/mol. The molecule has 0 aliphatic rings. The molecule has 0 rings (SSSR count). The zero-order valence-electron chi connectivity index (χ0n) is 5.81. The summed E-state index contributed by atoms with van der Waals surface area (Å²) < 4.78 is 0. The fourth-order valence-electron chi connectivity index (χ4n) is 0.373. The Hall–Kier alpha value is -1.14. The zero-order chi connectivity index (χ0) is 9.23. The summed E-state index contributed by atoms with van der Waals surface area (Å²) in [5.41, 5.74) is 2.44. The molecule has 2 atom stereocenters. The van der Waals surface area contributed by atoms with Crippen molar-refractivity contribution in [1.82, 2.24) is 0 Å². The Morgan fingerprint density at radius 2 is 1.82 bits per heavy atom. The van der Waals surface area contributed by atoms with Crippen LogP contribution in [0.4, 0.5) is 0 Å². The number of rotatable bonds is 3. The number of carbonyl (C=O) groups is 2. The van der Waals surface area contributed by atoms with Gasteiger partial charge in [0.2, 0.25) is 0 Å². The molecule has 11 heavy (non-hydrogen) atoms. The first-order chi connectivity index (χ1) is 4.80. The molecule has 0 saturated heterocycles. The lowest BCUT2D eigenvalue weighted by Gasteiger charge is -2.21. The molecule has 6 heteroatoms. The van der Waals surface area contributed by atoms with E-state index in [2.05, 4.69) is 0 Å². The molecule has 0 heterocycles. The maximum Gasteiger partial charge on any atom is 0.337 e. The highest BCUT2D eigenvalue weighted by Crippen LogP contribution is 2.07. The van der Waals surface area contributed by atoms with Crippen molar-refractivity contribution < 1.29 is 24.9 Å². The molecule has 0 aliphatic carbocycles. The molecule has 0 aromatic rings. The molecule has 0 spiro atoms. The number of aliphatic carboxylic acids is 2. The van der Waals surface area contributed by atoms with E-state index in [1.165, 1.54) is 0 Å². The smallest absolute Gasteiger partial charge is 0.337 e. The second kappa shape index (κ2) is 2.85. The van der Waals surface area contributed by atoms with Gasteiger partial charge in [0.25, 0.3) is 0 Å². The number of carboxylic acid groups (broad SMARTS) is 2. The van der Waals surface area contributed by atoms with Crippen LogP contribution in [0.2, 0.25) is 0 Å². The minimum atomic E-state index is -2.42. The van der Waals surface area contributed by atoms with Crippen molar-refractivity contribution in [2.45, 2.75) is 18.6 Å². The summed E-state index contributed by atoms with van der Waals surface area (Å²) in [6, 6.07) is -1.82. The summed E-state index contributed by atoms with van der Waals surface area (Å²) in [5, 5.41) is 25.4. The quantitative estimate of drug-likeness (QED) is 0.391. The van der Waals surface area contributed by atoms with Crippen molar-refractivity contribution in [1.29, 1.82) is 0 Å². The van der Waals surface area contributed by atoms with Gasteiger partial charge in [0.15, 0.2) is 5.60 Å². The average molecular weight is 163 g/mol. The van der Waals surface area contributed by atoms with Crippen molar-refractivity contribution in [3.63, 3.8) is 0 Å². The SMILES string of the molecule is CC(O)(C(=O)O)[C@H](N)C(=O)O. The van der Waals surface area contributed by atoms with Crippen LogP contribution >= 0.6 is 0 Å². The first-order valence-corrected chi connectivity index (χ1v) is 2.74. The summed E-state index contributed by atoms with van der Waals surface area (Å²) >= 11 is 0. The van der Waals surface area contributed by atoms with E-state index in [9.17, 15) is 9.59 Å². The number of hydrogen-bond donors (Lipinski definition) is 4. The Balaban J connectivity index is 4.55. The first kappa shape index (κ1) is 9.86. The average Bonchev–Trinajstić information content (AvgIpc) is 1.85. The third kappa shape index (κ3) is 1.89. The van der Waals surface area contributed by atoms with Gasteiger partial charge in [-0.3, -0.25) is 4.79 Å². The van der Waals surface area contributed by atoms with Gasteiger partial charge in [0.05, 0.1) is 0 Å². The van der Waals surface area contributed by atoms with Gasteiger partial charge in [-0.05, 0) is 6.92 Å². The van der Waals surface area contributed by atoms with Crippen LogP contribution in [0, 0.1) is 0 Å². The molecule has 0 aromatic carbocycles. The summed E-state index contributed by atoms with van der Waals surface area (Å²) in [6.07, 6.45) is 0. The number of aliphatic hydroxyl groups is 1. The maximum atomic E-state index is 10.2. The molecule has 0 amide bonds. The van der Waals surface area contributed by atoms with E-state index in [1.807, 2.05) is 0 Å². The molecular weight excluding hydrogens is 154 g/mol. The highest BCUT2D eigenvalue weighted by molar-refractivity contribution is 5.87. The summed E-state index contributed by atoms with van der Waals surface area (Å²) in [7, 11) is 0. The molecule has 0 saturated carbocycles. The highest BCUT2D eigenvalue weighted by atomic mass is 16.4. The van der Waals surface area contributed by atoms with Gasteiger partial charge in [0.1, 0.15) is 6.04 Å². The van der Waals surface area contributed by atoms with E-state index in [0.717, 1.165) is 6.92 Å². The molecular formula is C5H9NO5. The highest BCUT2D eigenvalue weighted by Gasteiger charge is 2.41. The molecule has 0 radical (unpaired) electrons. The lowest BCUT2D eigenvalue weighted by Crippen LogP contribution is -2.55. The van der Waals surface area contributed by atoms with Gasteiger partial charge >= 0.3 is 11.9 Å². The van der Waals surface area contributed by atoms with Crippen LogP contribution in [0.1, 0.15) is 6.92 Å². The van der Waals surface area contributed by atoms with Crippen LogP contribution in [0.25, 0.3) is 0 Å². The fraction of sp³-hybridized carbons (Fsp3) is 0.600. The third-order valence-corrected chi connectivity index (χ3v) is 1.30. The zero-order valence-corrected chi connectivity index (χ0v) is 5.81. The predicted molar refractivity (Wildman–Crippen MR) is 33.9 cm³/mol. The molecule has 1 unspecified atom stereocenters. The summed E-state index contributed by atoms with van der Waals surface area (Å²) in [4.78, 5) is 20.3. The fourth-order valence-corrected chi connectivity index (χ4v) is 0.373. The lowest BCUT2D eigenvalue weighted by molar-refractivity contribution is -0.165. The van der Waals surface area contributed by atoms with Gasteiger partial charge in [-0.2, -0.15) is 0 Å². The normalized spacial score (nSPS) is 18.5. The molecule has 0 fully saturated rings. The Bertz CT molecular complexity index is 187. The number of hydrogen-bond acceptors (Lipinski definition) is 4. The van der Waals surface area contributed by atoms with Crippen LogP contribution in [0.15, 0.2) is 0 Å². The van der Waals surface area contributed by atoms with Crippen LogP contribution < -0.4 is 5.73 Å². The minimum absolute atomic E-state index is 0.828. The summed E-state index contributed by atoms with van der Waals surface area (Å²) in [5.74, 6) is -3.22. The molecule has 6 nitrogen and oxygen atoms in total. The van der Waals surface area contributed by atoms with Crippen molar-refractivity contribution in [3.8, 4) is 0 Å². The van der Waals surface area contributed by atoms with Gasteiger partial charge in [-0.25, -0.2) is 4.79 Å². The van der Waals surface area contributed by atoms with Crippen molar-refractivity contribution in [2.75, 3.05) is 0 Å². The van der Waals surface area contributed by atoms with Crippen molar-refractivity contribution >= 4 is 11.9 Å². The minimum Gasteiger partial charge on any atom is -0.480 e. The van der Waals surface area contributed by atoms with Gasteiger partial charge < -0.3 is 21.1 Å². The van der Waals surface area contributed by atoms with Gasteiger partial charge in [-0.1, -0.05) is 0 Å². The first-order valence-electron chi connectivity index (χ1n) is 2.74. The summed E-state index contributed by atoms with van der Waals surface area (Å²) in [6.45, 7) is 0.828. The Morgan fingerprint density at radius 3 is 1.91 bits per heavy atom. The third-order valence-electron chi connectivity index (χ3n) is 1.30. The molecule has 0 aromatic heterocycles. The van der Waals surface area contributed by atoms with Crippen molar-refractivity contribution in [2.24, 2.45) is 5.73 Å². The van der Waals surface area contributed by atoms with E-state index < -0.39 is 23.6 Å². The number of carboxylic acids is 2. The Labute approximate surface area is 62.2 Å². The number of nitrogens with two attached hydrogens (primary N) is 1. The van der Waals surface area contributed by atoms with Crippen LogP contribution in [0.5, 0.6) is 0 Å². The molecule has 64 valence electrons. The standard InChI is InChI=1S/C5H9NO5/c1-5(11,4(9)10)2(6)3(7)8/h2,11H,6H2,1H3,(H,7,8)(H,9,10)/t2-,5?/m1/s1. The second-order valence-corrected chi connectivity index (χ2v) is 2.27. The van der Waals surface area contributed by atoms with Crippen LogP contribution in [-0.2, 0) is 9.59 Å². The topological polar surface area (TPSA) is 121 Å².